The Morgan fingerprint density at radius 1 is 1.38 bits per heavy atom. The van der Waals surface area contributed by atoms with Crippen molar-refractivity contribution in [2.75, 3.05) is 6.54 Å². The summed E-state index contributed by atoms with van der Waals surface area (Å²) in [5, 5.41) is 10.6. The van der Waals surface area contributed by atoms with Crippen molar-refractivity contribution >= 4 is 10.0 Å². The average Bonchev–Trinajstić information content (AvgIpc) is 3.00. The number of hydrogen-bond donors (Lipinski definition) is 2. The Kier molecular flexibility index (Phi) is 4.76. The van der Waals surface area contributed by atoms with E-state index in [1.54, 1.807) is 18.5 Å². The average molecular weight is 313 g/mol. The van der Waals surface area contributed by atoms with Crippen LogP contribution < -0.4 is 10.0 Å². The van der Waals surface area contributed by atoms with Crippen molar-refractivity contribution < 1.29 is 12.8 Å². The van der Waals surface area contributed by atoms with E-state index in [1.165, 1.54) is 12.4 Å². The van der Waals surface area contributed by atoms with Crippen molar-refractivity contribution in [2.45, 2.75) is 31.8 Å². The molecule has 0 aliphatic carbocycles. The van der Waals surface area contributed by atoms with Gasteiger partial charge in [0.05, 0.1) is 13.1 Å². The molecular weight excluding hydrogens is 294 g/mol. The van der Waals surface area contributed by atoms with Gasteiger partial charge in [-0.1, -0.05) is 6.92 Å². The molecule has 2 heterocycles. The number of nitrogens with one attached hydrogen (secondary N) is 2. The third-order valence-electron chi connectivity index (χ3n) is 2.99. The molecule has 0 aromatic carbocycles. The van der Waals surface area contributed by atoms with Gasteiger partial charge in [-0.2, -0.15) is 0 Å². The van der Waals surface area contributed by atoms with Crippen LogP contribution in [0, 0.1) is 6.92 Å². The van der Waals surface area contributed by atoms with Crippen LogP contribution in [0.4, 0.5) is 0 Å². The number of nitrogens with zero attached hydrogens (tertiary/aromatic N) is 3. The zero-order valence-electron chi connectivity index (χ0n) is 12.3. The molecule has 2 N–H and O–H groups in total. The van der Waals surface area contributed by atoms with E-state index in [2.05, 4.69) is 20.2 Å². The Balaban J connectivity index is 2.12. The molecule has 21 heavy (non-hydrogen) atoms. The van der Waals surface area contributed by atoms with Gasteiger partial charge in [0, 0.05) is 13.1 Å². The van der Waals surface area contributed by atoms with Crippen LogP contribution in [0.5, 0.6) is 0 Å². The van der Waals surface area contributed by atoms with Crippen LogP contribution in [-0.4, -0.2) is 29.7 Å². The Hall–Kier alpha value is -1.71. The maximum absolute atomic E-state index is 12.3. The van der Waals surface area contributed by atoms with Gasteiger partial charge in [-0.3, -0.25) is 0 Å². The summed E-state index contributed by atoms with van der Waals surface area (Å²) < 4.78 is 34.2. The molecule has 0 aliphatic rings. The molecule has 0 aliphatic heterocycles. The lowest BCUT2D eigenvalue weighted by atomic mass is 10.4. The number of furan rings is 1. The van der Waals surface area contributed by atoms with Crippen molar-refractivity contribution in [2.24, 2.45) is 7.05 Å². The molecular formula is C12H19N5O3S. The van der Waals surface area contributed by atoms with E-state index in [-0.39, 0.29) is 11.4 Å². The molecule has 2 aromatic heterocycles. The molecule has 0 unspecified atom stereocenters. The van der Waals surface area contributed by atoms with Crippen LogP contribution in [0.3, 0.4) is 0 Å². The highest BCUT2D eigenvalue weighted by Gasteiger charge is 2.21. The van der Waals surface area contributed by atoms with E-state index in [0.29, 0.717) is 23.9 Å². The fourth-order valence-corrected chi connectivity index (χ4v) is 3.01. The van der Waals surface area contributed by atoms with Crippen LogP contribution in [-0.2, 0) is 30.2 Å². The number of hydrogen-bond acceptors (Lipinski definition) is 6. The van der Waals surface area contributed by atoms with Crippen molar-refractivity contribution in [1.29, 1.82) is 0 Å². The topological polar surface area (TPSA) is 102 Å². The van der Waals surface area contributed by atoms with Gasteiger partial charge in [0.1, 0.15) is 28.6 Å². The van der Waals surface area contributed by atoms with Gasteiger partial charge in [-0.05, 0) is 13.5 Å². The molecule has 9 heteroatoms. The van der Waals surface area contributed by atoms with Gasteiger partial charge in [-0.15, -0.1) is 10.2 Å². The molecule has 2 rings (SSSR count). The van der Waals surface area contributed by atoms with Crippen LogP contribution in [0.2, 0.25) is 0 Å². The van der Waals surface area contributed by atoms with Gasteiger partial charge in [0.25, 0.3) is 0 Å². The number of aryl methyl sites for hydroxylation is 2. The summed E-state index contributed by atoms with van der Waals surface area (Å²) in [6, 6.07) is 1.54. The quantitative estimate of drug-likeness (QED) is 0.762. The van der Waals surface area contributed by atoms with Crippen LogP contribution in [0.1, 0.15) is 24.3 Å². The molecule has 8 nitrogen and oxygen atoms in total. The lowest BCUT2D eigenvalue weighted by Crippen LogP contribution is -2.25. The molecule has 116 valence electrons. The summed E-state index contributed by atoms with van der Waals surface area (Å²) in [5.74, 6) is 1.49. The Bertz CT molecular complexity index is 704. The van der Waals surface area contributed by atoms with Gasteiger partial charge in [0.2, 0.25) is 10.0 Å². The lowest BCUT2D eigenvalue weighted by Gasteiger charge is -2.04. The van der Waals surface area contributed by atoms with Gasteiger partial charge in [0.15, 0.2) is 0 Å². The second-order valence-electron chi connectivity index (χ2n) is 4.60. The van der Waals surface area contributed by atoms with Crippen molar-refractivity contribution in [3.8, 4) is 0 Å². The van der Waals surface area contributed by atoms with Crippen LogP contribution in [0.15, 0.2) is 21.7 Å². The van der Waals surface area contributed by atoms with Crippen molar-refractivity contribution in [3.63, 3.8) is 0 Å². The smallest absolute Gasteiger partial charge is 0.244 e. The number of sulfonamides is 1. The minimum absolute atomic E-state index is 0.0754. The van der Waals surface area contributed by atoms with E-state index in [4.69, 9.17) is 4.42 Å². The molecule has 0 fully saturated rings. The highest BCUT2D eigenvalue weighted by molar-refractivity contribution is 7.89. The van der Waals surface area contributed by atoms with Crippen molar-refractivity contribution in [3.05, 3.63) is 29.7 Å². The van der Waals surface area contributed by atoms with Gasteiger partial charge >= 0.3 is 0 Å². The normalized spacial score (nSPS) is 12.0. The summed E-state index contributed by atoms with van der Waals surface area (Å²) in [5.41, 5.74) is 0. The Morgan fingerprint density at radius 2 is 2.14 bits per heavy atom. The highest BCUT2D eigenvalue weighted by atomic mass is 32.2. The molecule has 0 saturated heterocycles. The van der Waals surface area contributed by atoms with Gasteiger partial charge < -0.3 is 14.3 Å². The first-order valence-electron chi connectivity index (χ1n) is 6.56. The fraction of sp³-hybridized carbons (Fsp3) is 0.500. The van der Waals surface area contributed by atoms with Gasteiger partial charge in [-0.25, -0.2) is 13.1 Å². The summed E-state index contributed by atoms with van der Waals surface area (Å²) >= 11 is 0. The SMILES string of the molecule is CCNCc1cc(S(=O)(=O)NCc2nncn2C)c(C)o1. The first-order valence-corrected chi connectivity index (χ1v) is 8.05. The summed E-state index contributed by atoms with van der Waals surface area (Å²) in [7, 11) is -1.89. The maximum atomic E-state index is 12.3. The van der Waals surface area contributed by atoms with E-state index < -0.39 is 10.0 Å². The third kappa shape index (κ3) is 3.69. The summed E-state index contributed by atoms with van der Waals surface area (Å²) in [6.07, 6.45) is 1.52. The number of aromatic nitrogens is 3. The third-order valence-corrected chi connectivity index (χ3v) is 4.50. The Morgan fingerprint density at radius 3 is 2.76 bits per heavy atom. The molecule has 0 radical (unpaired) electrons. The predicted molar refractivity (Wildman–Crippen MR) is 75.9 cm³/mol. The molecule has 0 amide bonds. The molecule has 0 spiro atoms. The molecule has 0 atom stereocenters. The summed E-state index contributed by atoms with van der Waals surface area (Å²) in [6.45, 7) is 4.95. The van der Waals surface area contributed by atoms with E-state index in [1.807, 2.05) is 6.92 Å². The molecule has 2 aromatic rings. The zero-order chi connectivity index (χ0) is 15.5. The largest absolute Gasteiger partial charge is 0.464 e. The van der Waals surface area contributed by atoms with E-state index in [0.717, 1.165) is 6.54 Å². The predicted octanol–water partition coefficient (Wildman–Crippen LogP) is 0.305. The first kappa shape index (κ1) is 15.7. The number of rotatable bonds is 7. The minimum atomic E-state index is -3.64. The molecule has 0 bridgehead atoms. The standard InChI is InChI=1S/C12H19N5O3S/c1-4-13-6-10-5-11(9(2)20-10)21(18,19)15-7-12-16-14-8-17(12)3/h5,8,13,15H,4,6-7H2,1-3H3. The maximum Gasteiger partial charge on any atom is 0.244 e. The second kappa shape index (κ2) is 6.37. The fourth-order valence-electron chi connectivity index (χ4n) is 1.83. The lowest BCUT2D eigenvalue weighted by molar-refractivity contribution is 0.460. The first-order chi connectivity index (χ1) is 9.94. The summed E-state index contributed by atoms with van der Waals surface area (Å²) in [4.78, 5) is 0.151. The van der Waals surface area contributed by atoms with Crippen molar-refractivity contribution in [1.82, 2.24) is 24.8 Å². The van der Waals surface area contributed by atoms with E-state index >= 15 is 0 Å². The second-order valence-corrected chi connectivity index (χ2v) is 6.33. The minimum Gasteiger partial charge on any atom is -0.464 e. The molecule has 0 saturated carbocycles. The zero-order valence-corrected chi connectivity index (χ0v) is 13.1. The Labute approximate surface area is 123 Å². The van der Waals surface area contributed by atoms with Crippen LogP contribution in [0.25, 0.3) is 0 Å². The van der Waals surface area contributed by atoms with E-state index in [9.17, 15) is 8.42 Å². The van der Waals surface area contributed by atoms with Crippen LogP contribution >= 0.6 is 0 Å². The highest BCUT2D eigenvalue weighted by Crippen LogP contribution is 2.20. The monoisotopic (exact) mass is 313 g/mol.